The summed E-state index contributed by atoms with van der Waals surface area (Å²) < 4.78 is 1.73. The van der Waals surface area contributed by atoms with E-state index in [1.54, 1.807) is 16.9 Å². The second kappa shape index (κ2) is 3.83. The molecule has 0 bridgehead atoms. The molecule has 0 saturated carbocycles. The van der Waals surface area contributed by atoms with Crippen LogP contribution in [0.15, 0.2) is 48.8 Å². The molecule has 0 radical (unpaired) electrons. The van der Waals surface area contributed by atoms with Crippen molar-refractivity contribution in [2.24, 2.45) is 0 Å². The maximum absolute atomic E-state index is 11.1. The van der Waals surface area contributed by atoms with Crippen LogP contribution in [0.2, 0.25) is 0 Å². The van der Waals surface area contributed by atoms with Crippen molar-refractivity contribution < 1.29 is 4.79 Å². The van der Waals surface area contributed by atoms with E-state index in [9.17, 15) is 4.79 Å². The van der Waals surface area contributed by atoms with Crippen LogP contribution < -0.4 is 0 Å². The molecule has 0 aliphatic rings. The number of pyridine rings is 1. The van der Waals surface area contributed by atoms with Crippen molar-refractivity contribution in [2.75, 3.05) is 0 Å². The summed E-state index contributed by atoms with van der Waals surface area (Å²) in [7, 11) is 0. The number of nitrogens with zero attached hydrogens (tertiary/aromatic N) is 3. The van der Waals surface area contributed by atoms with Gasteiger partial charge in [-0.3, -0.25) is 9.78 Å². The Kier molecular flexibility index (Phi) is 2.19. The molecule has 0 N–H and O–H groups in total. The molecule has 3 rings (SSSR count). The average molecular weight is 223 g/mol. The van der Waals surface area contributed by atoms with Gasteiger partial charge in [0.2, 0.25) is 0 Å². The third-order valence-corrected chi connectivity index (χ3v) is 2.60. The number of rotatable bonds is 2. The fourth-order valence-electron chi connectivity index (χ4n) is 1.88. The molecule has 4 nitrogen and oxygen atoms in total. The van der Waals surface area contributed by atoms with Crippen molar-refractivity contribution in [3.63, 3.8) is 0 Å². The van der Waals surface area contributed by atoms with E-state index in [-0.39, 0.29) is 0 Å². The molecule has 0 spiro atoms. The number of aldehydes is 1. The molecule has 3 aromatic rings. The Hall–Kier alpha value is -2.49. The summed E-state index contributed by atoms with van der Waals surface area (Å²) in [6.07, 6.45) is 4.22. The van der Waals surface area contributed by atoms with Gasteiger partial charge in [-0.25, -0.2) is 4.52 Å². The molecule has 0 aliphatic carbocycles. The standard InChI is InChI=1S/C13H9N3O/c17-9-10-8-11-4-3-7-15-16(11)13(10)12-5-1-2-6-14-12/h1-9H. The molecular formula is C13H9N3O. The minimum Gasteiger partial charge on any atom is -0.298 e. The molecule has 0 saturated heterocycles. The van der Waals surface area contributed by atoms with Crippen molar-refractivity contribution in [3.05, 3.63) is 54.4 Å². The van der Waals surface area contributed by atoms with Gasteiger partial charge in [-0.1, -0.05) is 6.07 Å². The molecule has 0 amide bonds. The largest absolute Gasteiger partial charge is 0.298 e. The molecule has 3 heterocycles. The van der Waals surface area contributed by atoms with Crippen LogP contribution in [0.25, 0.3) is 16.9 Å². The highest BCUT2D eigenvalue weighted by Crippen LogP contribution is 2.23. The predicted octanol–water partition coefficient (Wildman–Crippen LogP) is 2.21. The Morgan fingerprint density at radius 1 is 1.12 bits per heavy atom. The monoisotopic (exact) mass is 223 g/mol. The topological polar surface area (TPSA) is 47.3 Å². The maximum Gasteiger partial charge on any atom is 0.152 e. The minimum atomic E-state index is 0.599. The average Bonchev–Trinajstić information content (AvgIpc) is 2.78. The summed E-state index contributed by atoms with van der Waals surface area (Å²) in [4.78, 5) is 15.4. The van der Waals surface area contributed by atoms with Crippen LogP contribution in [0.1, 0.15) is 10.4 Å². The van der Waals surface area contributed by atoms with E-state index in [0.29, 0.717) is 5.56 Å². The molecular weight excluding hydrogens is 214 g/mol. The van der Waals surface area contributed by atoms with Gasteiger partial charge in [0.1, 0.15) is 5.69 Å². The molecule has 4 heteroatoms. The SMILES string of the molecule is O=Cc1cc2cccnn2c1-c1ccccn1. The summed E-state index contributed by atoms with van der Waals surface area (Å²) in [5, 5.41) is 4.24. The molecule has 82 valence electrons. The van der Waals surface area contributed by atoms with Crippen LogP contribution in [0.5, 0.6) is 0 Å². The number of hydrogen-bond acceptors (Lipinski definition) is 3. The Morgan fingerprint density at radius 2 is 2.06 bits per heavy atom. The zero-order valence-electron chi connectivity index (χ0n) is 8.95. The van der Waals surface area contributed by atoms with Crippen molar-refractivity contribution in [3.8, 4) is 11.4 Å². The first-order chi connectivity index (χ1) is 8.40. The number of carbonyl (C=O) groups excluding carboxylic acids is 1. The number of carbonyl (C=O) groups is 1. The maximum atomic E-state index is 11.1. The van der Waals surface area contributed by atoms with Gasteiger partial charge in [-0.05, 0) is 30.3 Å². The first kappa shape index (κ1) is 9.72. The van der Waals surface area contributed by atoms with Gasteiger partial charge in [0.25, 0.3) is 0 Å². The van der Waals surface area contributed by atoms with E-state index in [0.717, 1.165) is 23.2 Å². The number of fused-ring (bicyclic) bond motifs is 1. The van der Waals surface area contributed by atoms with E-state index in [1.807, 2.05) is 36.4 Å². The zero-order valence-corrected chi connectivity index (χ0v) is 8.95. The lowest BCUT2D eigenvalue weighted by Crippen LogP contribution is -1.95. The molecule has 0 unspecified atom stereocenters. The van der Waals surface area contributed by atoms with Crippen LogP contribution in [-0.2, 0) is 0 Å². The first-order valence-corrected chi connectivity index (χ1v) is 5.23. The van der Waals surface area contributed by atoms with Crippen molar-refractivity contribution >= 4 is 11.8 Å². The van der Waals surface area contributed by atoms with Gasteiger partial charge in [0.15, 0.2) is 6.29 Å². The third-order valence-electron chi connectivity index (χ3n) is 2.60. The van der Waals surface area contributed by atoms with E-state index in [1.165, 1.54) is 0 Å². The van der Waals surface area contributed by atoms with E-state index < -0.39 is 0 Å². The van der Waals surface area contributed by atoms with E-state index in [4.69, 9.17) is 0 Å². The van der Waals surface area contributed by atoms with Crippen molar-refractivity contribution in [1.82, 2.24) is 14.6 Å². The Balaban J connectivity index is 2.38. The molecule has 17 heavy (non-hydrogen) atoms. The second-order valence-electron chi connectivity index (χ2n) is 3.64. The van der Waals surface area contributed by atoms with Crippen LogP contribution in [-0.4, -0.2) is 20.9 Å². The van der Waals surface area contributed by atoms with E-state index in [2.05, 4.69) is 10.1 Å². The lowest BCUT2D eigenvalue weighted by molar-refractivity contribution is 0.112. The summed E-state index contributed by atoms with van der Waals surface area (Å²) in [6, 6.07) is 11.2. The first-order valence-electron chi connectivity index (χ1n) is 5.23. The molecule has 0 atom stereocenters. The van der Waals surface area contributed by atoms with Crippen LogP contribution in [0, 0.1) is 0 Å². The Labute approximate surface area is 97.5 Å². The molecule has 0 fully saturated rings. The molecule has 0 aliphatic heterocycles. The fraction of sp³-hybridized carbons (Fsp3) is 0. The fourth-order valence-corrected chi connectivity index (χ4v) is 1.88. The molecule has 3 aromatic heterocycles. The van der Waals surface area contributed by atoms with Gasteiger partial charge in [-0.15, -0.1) is 0 Å². The normalized spacial score (nSPS) is 10.6. The highest BCUT2D eigenvalue weighted by Gasteiger charge is 2.12. The van der Waals surface area contributed by atoms with Crippen LogP contribution >= 0.6 is 0 Å². The van der Waals surface area contributed by atoms with Gasteiger partial charge < -0.3 is 0 Å². The quantitative estimate of drug-likeness (QED) is 0.626. The van der Waals surface area contributed by atoms with E-state index >= 15 is 0 Å². The smallest absolute Gasteiger partial charge is 0.152 e. The highest BCUT2D eigenvalue weighted by molar-refractivity contribution is 5.88. The lowest BCUT2D eigenvalue weighted by atomic mass is 10.2. The Bertz CT molecular complexity index is 673. The van der Waals surface area contributed by atoms with Crippen molar-refractivity contribution in [1.29, 1.82) is 0 Å². The summed E-state index contributed by atoms with van der Waals surface area (Å²) in [5.41, 5.74) is 2.96. The highest BCUT2D eigenvalue weighted by atomic mass is 16.1. The Morgan fingerprint density at radius 3 is 2.82 bits per heavy atom. The van der Waals surface area contributed by atoms with Gasteiger partial charge >= 0.3 is 0 Å². The second-order valence-corrected chi connectivity index (χ2v) is 3.64. The van der Waals surface area contributed by atoms with Crippen molar-refractivity contribution in [2.45, 2.75) is 0 Å². The molecule has 0 aromatic carbocycles. The van der Waals surface area contributed by atoms with Gasteiger partial charge in [0, 0.05) is 18.0 Å². The number of hydrogen-bond donors (Lipinski definition) is 0. The summed E-state index contributed by atoms with van der Waals surface area (Å²) in [6.45, 7) is 0. The predicted molar refractivity (Wildman–Crippen MR) is 63.8 cm³/mol. The summed E-state index contributed by atoms with van der Waals surface area (Å²) >= 11 is 0. The lowest BCUT2D eigenvalue weighted by Gasteiger charge is -2.01. The number of aromatic nitrogens is 3. The van der Waals surface area contributed by atoms with Crippen LogP contribution in [0.4, 0.5) is 0 Å². The zero-order chi connectivity index (χ0) is 11.7. The van der Waals surface area contributed by atoms with Gasteiger partial charge in [0.05, 0.1) is 11.2 Å². The van der Waals surface area contributed by atoms with Gasteiger partial charge in [-0.2, -0.15) is 5.10 Å². The third kappa shape index (κ3) is 1.50. The minimum absolute atomic E-state index is 0.599. The van der Waals surface area contributed by atoms with Crippen LogP contribution in [0.3, 0.4) is 0 Å². The summed E-state index contributed by atoms with van der Waals surface area (Å²) in [5.74, 6) is 0.